The van der Waals surface area contributed by atoms with Crippen molar-refractivity contribution in [3.63, 3.8) is 0 Å². The molecule has 15 heavy (non-hydrogen) atoms. The molecule has 0 spiro atoms. The van der Waals surface area contributed by atoms with Crippen LogP contribution < -0.4 is 15.6 Å². The quantitative estimate of drug-likeness (QED) is 0.336. The molecule has 0 bridgehead atoms. The van der Waals surface area contributed by atoms with Crippen LogP contribution in [0.15, 0.2) is 0 Å². The van der Waals surface area contributed by atoms with Crippen LogP contribution in [0.3, 0.4) is 0 Å². The summed E-state index contributed by atoms with van der Waals surface area (Å²) in [5, 5.41) is 0. The number of nitrogens with one attached hydrogen (secondary N) is 3. The van der Waals surface area contributed by atoms with Gasteiger partial charge in [0.25, 0.3) is 10.1 Å². The number of hydrazine groups is 1. The van der Waals surface area contributed by atoms with E-state index in [1.54, 1.807) is 0 Å². The molecule has 1 rings (SSSR count). The third-order valence-electron chi connectivity index (χ3n) is 2.52. The van der Waals surface area contributed by atoms with Crippen molar-refractivity contribution in [3.8, 4) is 0 Å². The molecule has 4 N–H and O–H groups in total. The van der Waals surface area contributed by atoms with Crippen LogP contribution in [0, 0.1) is 0 Å². The third kappa shape index (κ3) is 1.57. The van der Waals surface area contributed by atoms with Crippen molar-refractivity contribution >= 4 is 20.1 Å². The van der Waals surface area contributed by atoms with Gasteiger partial charge < -0.3 is 0 Å². The molecular formula is C5H13N3O5S2. The lowest BCUT2D eigenvalue weighted by Crippen LogP contribution is -2.57. The predicted octanol–water partition coefficient (Wildman–Crippen LogP) is -2.04. The molecular weight excluding hydrogens is 246 g/mol. The van der Waals surface area contributed by atoms with E-state index in [-0.39, 0.29) is 0 Å². The highest BCUT2D eigenvalue weighted by molar-refractivity contribution is 7.94. The molecule has 1 aliphatic heterocycles. The Labute approximate surface area is 88.2 Å². The van der Waals surface area contributed by atoms with Crippen LogP contribution in [0.5, 0.6) is 0 Å². The van der Waals surface area contributed by atoms with Crippen LogP contribution in [0.1, 0.15) is 13.8 Å². The van der Waals surface area contributed by atoms with E-state index in [0.717, 1.165) is 20.9 Å². The van der Waals surface area contributed by atoms with Gasteiger partial charge in [-0.05, 0) is 20.9 Å². The van der Waals surface area contributed by atoms with E-state index in [4.69, 9.17) is 4.55 Å². The van der Waals surface area contributed by atoms with Crippen LogP contribution in [0.2, 0.25) is 0 Å². The van der Waals surface area contributed by atoms with Crippen LogP contribution >= 0.6 is 0 Å². The Morgan fingerprint density at radius 2 is 1.60 bits per heavy atom. The molecule has 1 fully saturated rings. The second kappa shape index (κ2) is 3.12. The van der Waals surface area contributed by atoms with Gasteiger partial charge >= 0.3 is 0 Å². The van der Waals surface area contributed by atoms with Gasteiger partial charge in [-0.25, -0.2) is 24.0 Å². The largest absolute Gasteiger partial charge is 0.285 e. The summed E-state index contributed by atoms with van der Waals surface area (Å²) in [4.78, 5) is -1.90. The zero-order chi connectivity index (χ0) is 12.1. The summed E-state index contributed by atoms with van der Waals surface area (Å²) in [7, 11) is -7.32. The molecule has 90 valence electrons. The van der Waals surface area contributed by atoms with Gasteiger partial charge in [-0.15, -0.1) is 0 Å². The summed E-state index contributed by atoms with van der Waals surface area (Å²) in [6.07, 6.45) is 0. The summed E-state index contributed by atoms with van der Waals surface area (Å²) in [6.45, 7) is 2.20. The maximum Gasteiger partial charge on any atom is 0.274 e. The number of hydrogen-bond donors (Lipinski definition) is 4. The maximum absolute atomic E-state index is 11.6. The molecule has 10 heteroatoms. The third-order valence-corrected chi connectivity index (χ3v) is 6.30. The van der Waals surface area contributed by atoms with Crippen LogP contribution in [-0.2, 0) is 20.1 Å². The van der Waals surface area contributed by atoms with Crippen molar-refractivity contribution < 1.29 is 21.4 Å². The van der Waals surface area contributed by atoms with Crippen molar-refractivity contribution in [1.82, 2.24) is 15.6 Å². The maximum atomic E-state index is 11.6. The minimum absolute atomic E-state index is 1.10. The standard InChI is InChI=1S/C5H13N3O5S2/c1-4(2,15(11,12)13)5(7-8-5)14(9,10)6-3/h6-8H,1-3H3,(H,11,12,13). The lowest BCUT2D eigenvalue weighted by molar-refractivity contribution is 0.418. The molecule has 0 aliphatic carbocycles. The first-order valence-electron chi connectivity index (χ1n) is 3.96. The van der Waals surface area contributed by atoms with Crippen molar-refractivity contribution in [2.24, 2.45) is 0 Å². The van der Waals surface area contributed by atoms with Crippen LogP contribution in [0.25, 0.3) is 0 Å². The fourth-order valence-corrected chi connectivity index (χ4v) is 3.53. The van der Waals surface area contributed by atoms with Crippen molar-refractivity contribution in [2.45, 2.75) is 23.6 Å². The van der Waals surface area contributed by atoms with Gasteiger partial charge in [0.1, 0.15) is 4.75 Å². The summed E-state index contributed by atoms with van der Waals surface area (Å²) in [6, 6.07) is 0. The highest BCUT2D eigenvalue weighted by Crippen LogP contribution is 2.36. The van der Waals surface area contributed by atoms with E-state index in [2.05, 4.69) is 10.9 Å². The van der Waals surface area contributed by atoms with Gasteiger partial charge in [0.05, 0.1) is 0 Å². The molecule has 1 saturated heterocycles. The SMILES string of the molecule is CNS(=O)(=O)C1(C(C)(C)S(=O)(=O)O)NN1. The minimum atomic E-state index is -4.53. The number of rotatable bonds is 4. The van der Waals surface area contributed by atoms with E-state index in [1.807, 2.05) is 4.72 Å². The average molecular weight is 259 g/mol. The molecule has 1 aliphatic rings. The first kappa shape index (κ1) is 12.8. The Kier molecular flexibility index (Phi) is 2.66. The first-order valence-corrected chi connectivity index (χ1v) is 6.88. The Bertz CT molecular complexity index is 461. The van der Waals surface area contributed by atoms with Gasteiger partial charge in [0, 0.05) is 0 Å². The topological polar surface area (TPSA) is 144 Å². The molecule has 0 unspecified atom stereocenters. The van der Waals surface area contributed by atoms with Crippen LogP contribution in [-0.4, -0.2) is 38.2 Å². The second-order valence-corrected chi connectivity index (χ2v) is 7.62. The summed E-state index contributed by atoms with van der Waals surface area (Å²) >= 11 is 0. The summed E-state index contributed by atoms with van der Waals surface area (Å²) < 4.78 is 54.4. The van der Waals surface area contributed by atoms with Crippen molar-refractivity contribution in [3.05, 3.63) is 0 Å². The average Bonchev–Trinajstić information content (AvgIpc) is 2.82. The summed E-state index contributed by atoms with van der Waals surface area (Å²) in [5.41, 5.74) is 4.49. The Morgan fingerprint density at radius 1 is 1.20 bits per heavy atom. The Hall–Kier alpha value is -0.260. The molecule has 0 aromatic rings. The summed E-state index contributed by atoms with van der Waals surface area (Å²) in [5.74, 6) is 0. The van der Waals surface area contributed by atoms with E-state index in [9.17, 15) is 16.8 Å². The minimum Gasteiger partial charge on any atom is -0.285 e. The predicted molar refractivity (Wildman–Crippen MR) is 52.6 cm³/mol. The lowest BCUT2D eigenvalue weighted by atomic mass is 10.2. The lowest BCUT2D eigenvalue weighted by Gasteiger charge is -2.27. The van der Waals surface area contributed by atoms with Gasteiger partial charge in [0.15, 0.2) is 0 Å². The van der Waals surface area contributed by atoms with Gasteiger partial charge in [-0.3, -0.25) is 4.55 Å². The molecule has 0 radical (unpaired) electrons. The highest BCUT2D eigenvalue weighted by atomic mass is 32.2. The van der Waals surface area contributed by atoms with E-state index in [0.29, 0.717) is 0 Å². The normalized spacial score (nSPS) is 21.3. The Balaban J connectivity index is 3.32. The Morgan fingerprint density at radius 3 is 1.80 bits per heavy atom. The molecule has 1 heterocycles. The smallest absolute Gasteiger partial charge is 0.274 e. The molecule has 8 nitrogen and oxygen atoms in total. The monoisotopic (exact) mass is 259 g/mol. The molecule has 0 amide bonds. The number of sulfonamides is 1. The fourth-order valence-electron chi connectivity index (χ4n) is 1.15. The highest BCUT2D eigenvalue weighted by Gasteiger charge is 2.69. The second-order valence-electron chi connectivity index (χ2n) is 3.62. The molecule has 0 aromatic carbocycles. The fraction of sp³-hybridized carbons (Fsp3) is 1.00. The van der Waals surface area contributed by atoms with E-state index < -0.39 is 29.9 Å². The van der Waals surface area contributed by atoms with E-state index in [1.165, 1.54) is 0 Å². The molecule has 0 saturated carbocycles. The van der Waals surface area contributed by atoms with Gasteiger partial charge in [-0.1, -0.05) is 0 Å². The number of hydrogen-bond acceptors (Lipinski definition) is 6. The molecule has 0 atom stereocenters. The van der Waals surface area contributed by atoms with E-state index >= 15 is 0 Å². The zero-order valence-corrected chi connectivity index (χ0v) is 10.0. The zero-order valence-electron chi connectivity index (χ0n) is 8.40. The first-order chi connectivity index (χ1) is 6.52. The van der Waals surface area contributed by atoms with Gasteiger partial charge in [0.2, 0.25) is 15.0 Å². The molecule has 0 aromatic heterocycles. The van der Waals surface area contributed by atoms with Gasteiger partial charge in [-0.2, -0.15) is 8.42 Å². The van der Waals surface area contributed by atoms with Crippen LogP contribution in [0.4, 0.5) is 0 Å². The van der Waals surface area contributed by atoms with Crippen molar-refractivity contribution in [1.29, 1.82) is 0 Å². The van der Waals surface area contributed by atoms with Crippen molar-refractivity contribution in [2.75, 3.05) is 7.05 Å².